The Kier molecular flexibility index (Phi) is 6.52. The van der Waals surface area contributed by atoms with Crippen molar-refractivity contribution in [2.45, 2.75) is 70.8 Å². The summed E-state index contributed by atoms with van der Waals surface area (Å²) in [4.78, 5) is 4.56. The molecule has 2 nitrogen and oxygen atoms in total. The summed E-state index contributed by atoms with van der Waals surface area (Å²) in [5.74, 6) is 1.42. The molecule has 20 heavy (non-hydrogen) atoms. The van der Waals surface area contributed by atoms with Crippen molar-refractivity contribution in [2.24, 2.45) is 5.92 Å². The third-order valence-electron chi connectivity index (χ3n) is 4.73. The van der Waals surface area contributed by atoms with E-state index in [-0.39, 0.29) is 0 Å². The van der Waals surface area contributed by atoms with E-state index in [1.165, 1.54) is 50.6 Å². The van der Waals surface area contributed by atoms with Crippen molar-refractivity contribution in [3.63, 3.8) is 0 Å². The zero-order chi connectivity index (χ0) is 14.2. The van der Waals surface area contributed by atoms with Gasteiger partial charge >= 0.3 is 0 Å². The summed E-state index contributed by atoms with van der Waals surface area (Å²) in [6.07, 6.45) is 11.6. The fourth-order valence-corrected chi connectivity index (χ4v) is 3.43. The second kappa shape index (κ2) is 8.41. The molecule has 1 aromatic heterocycles. The Morgan fingerprint density at radius 1 is 1.25 bits per heavy atom. The zero-order valence-corrected chi connectivity index (χ0v) is 13.1. The number of aromatic nitrogens is 1. The smallest absolute Gasteiger partial charge is 0.0447 e. The van der Waals surface area contributed by atoms with E-state index >= 15 is 0 Å². The highest BCUT2D eigenvalue weighted by Gasteiger charge is 2.24. The minimum Gasteiger partial charge on any atom is -0.313 e. The first-order chi connectivity index (χ1) is 9.81. The molecule has 1 fully saturated rings. The standard InChI is InChI=1S/C18H30N2/c1-3-12-19-18(14-16-9-5-4-6-10-16)15(2)17-11-7-8-13-20-17/h7-8,11,13,15-16,18-19H,3-6,9-10,12,14H2,1-2H3. The van der Waals surface area contributed by atoms with Gasteiger partial charge in [-0.15, -0.1) is 0 Å². The fourth-order valence-electron chi connectivity index (χ4n) is 3.43. The lowest BCUT2D eigenvalue weighted by atomic mass is 9.81. The average Bonchev–Trinajstić information content (AvgIpc) is 2.52. The number of hydrogen-bond acceptors (Lipinski definition) is 2. The van der Waals surface area contributed by atoms with Gasteiger partial charge in [0.05, 0.1) is 0 Å². The van der Waals surface area contributed by atoms with Crippen LogP contribution in [-0.4, -0.2) is 17.6 Å². The minimum atomic E-state index is 0.504. The maximum Gasteiger partial charge on any atom is 0.0447 e. The summed E-state index contributed by atoms with van der Waals surface area (Å²) < 4.78 is 0. The predicted octanol–water partition coefficient (Wildman–Crippen LogP) is 4.52. The highest BCUT2D eigenvalue weighted by Crippen LogP contribution is 2.31. The lowest BCUT2D eigenvalue weighted by molar-refractivity contribution is 0.281. The second-order valence-electron chi connectivity index (χ2n) is 6.34. The maximum absolute atomic E-state index is 4.56. The number of rotatable bonds is 7. The van der Waals surface area contributed by atoms with Crippen LogP contribution in [0, 0.1) is 5.92 Å². The van der Waals surface area contributed by atoms with Crippen LogP contribution in [-0.2, 0) is 0 Å². The van der Waals surface area contributed by atoms with Crippen LogP contribution in [0.15, 0.2) is 24.4 Å². The van der Waals surface area contributed by atoms with E-state index in [1.807, 2.05) is 12.3 Å². The van der Waals surface area contributed by atoms with Gasteiger partial charge in [-0.05, 0) is 37.4 Å². The molecule has 1 saturated carbocycles. The Morgan fingerprint density at radius 3 is 2.70 bits per heavy atom. The van der Waals surface area contributed by atoms with Crippen LogP contribution in [0.5, 0.6) is 0 Å². The number of nitrogens with one attached hydrogen (secondary N) is 1. The molecule has 0 saturated heterocycles. The normalized spacial score (nSPS) is 19.7. The lowest BCUT2D eigenvalue weighted by Gasteiger charge is -2.31. The Hall–Kier alpha value is -0.890. The van der Waals surface area contributed by atoms with Gasteiger partial charge in [-0.25, -0.2) is 0 Å². The molecule has 2 unspecified atom stereocenters. The van der Waals surface area contributed by atoms with Gasteiger partial charge < -0.3 is 5.32 Å². The molecule has 2 rings (SSSR count). The van der Waals surface area contributed by atoms with Gasteiger partial charge in [0.1, 0.15) is 0 Å². The van der Waals surface area contributed by atoms with Crippen LogP contribution in [0.4, 0.5) is 0 Å². The van der Waals surface area contributed by atoms with Crippen molar-refractivity contribution < 1.29 is 0 Å². The zero-order valence-electron chi connectivity index (χ0n) is 13.1. The van der Waals surface area contributed by atoms with E-state index in [4.69, 9.17) is 0 Å². The quantitative estimate of drug-likeness (QED) is 0.790. The monoisotopic (exact) mass is 274 g/mol. The van der Waals surface area contributed by atoms with Gasteiger partial charge in [0.2, 0.25) is 0 Å². The SMILES string of the molecule is CCCNC(CC1CCCCC1)C(C)c1ccccn1. The lowest BCUT2D eigenvalue weighted by Crippen LogP contribution is -2.36. The van der Waals surface area contributed by atoms with Gasteiger partial charge in [0.25, 0.3) is 0 Å². The first-order valence-corrected chi connectivity index (χ1v) is 8.45. The van der Waals surface area contributed by atoms with E-state index in [1.54, 1.807) is 0 Å². The molecule has 1 aliphatic carbocycles. The Labute approximate surface area is 124 Å². The third-order valence-corrected chi connectivity index (χ3v) is 4.73. The molecule has 1 N–H and O–H groups in total. The number of pyridine rings is 1. The highest BCUT2D eigenvalue weighted by atomic mass is 14.9. The maximum atomic E-state index is 4.56. The second-order valence-corrected chi connectivity index (χ2v) is 6.34. The fraction of sp³-hybridized carbons (Fsp3) is 0.722. The molecule has 1 aromatic rings. The van der Waals surface area contributed by atoms with E-state index in [0.717, 1.165) is 12.5 Å². The van der Waals surface area contributed by atoms with E-state index in [9.17, 15) is 0 Å². The van der Waals surface area contributed by atoms with Crippen molar-refractivity contribution >= 4 is 0 Å². The molecule has 0 radical (unpaired) electrons. The molecule has 1 heterocycles. The van der Waals surface area contributed by atoms with Crippen molar-refractivity contribution in [1.82, 2.24) is 10.3 Å². The van der Waals surface area contributed by atoms with Crippen LogP contribution in [0.2, 0.25) is 0 Å². The van der Waals surface area contributed by atoms with Gasteiger partial charge in [0, 0.05) is 23.9 Å². The number of hydrogen-bond donors (Lipinski definition) is 1. The third kappa shape index (κ3) is 4.59. The first-order valence-electron chi connectivity index (χ1n) is 8.45. The van der Waals surface area contributed by atoms with E-state index in [2.05, 4.69) is 36.3 Å². The molecular weight excluding hydrogens is 244 g/mol. The molecule has 1 aliphatic rings. The van der Waals surface area contributed by atoms with Crippen LogP contribution >= 0.6 is 0 Å². The van der Waals surface area contributed by atoms with Gasteiger partial charge in [0.15, 0.2) is 0 Å². The summed E-state index contributed by atoms with van der Waals surface area (Å²) >= 11 is 0. The van der Waals surface area contributed by atoms with Crippen LogP contribution in [0.25, 0.3) is 0 Å². The molecule has 0 bridgehead atoms. The summed E-state index contributed by atoms with van der Waals surface area (Å²) in [6.45, 7) is 5.70. The number of nitrogens with zero attached hydrogens (tertiary/aromatic N) is 1. The molecule has 0 aliphatic heterocycles. The molecule has 0 spiro atoms. The largest absolute Gasteiger partial charge is 0.313 e. The first kappa shape index (κ1) is 15.5. The topological polar surface area (TPSA) is 24.9 Å². The van der Waals surface area contributed by atoms with Gasteiger partial charge in [-0.3, -0.25) is 4.98 Å². The van der Waals surface area contributed by atoms with Crippen molar-refractivity contribution in [2.75, 3.05) is 6.54 Å². The summed E-state index contributed by atoms with van der Waals surface area (Å²) in [7, 11) is 0. The molecular formula is C18H30N2. The van der Waals surface area contributed by atoms with Gasteiger partial charge in [-0.2, -0.15) is 0 Å². The predicted molar refractivity (Wildman–Crippen MR) is 85.9 cm³/mol. The Morgan fingerprint density at radius 2 is 2.05 bits per heavy atom. The summed E-state index contributed by atoms with van der Waals surface area (Å²) in [5, 5.41) is 3.77. The van der Waals surface area contributed by atoms with E-state index in [0.29, 0.717) is 12.0 Å². The summed E-state index contributed by atoms with van der Waals surface area (Å²) in [6, 6.07) is 6.86. The van der Waals surface area contributed by atoms with Crippen molar-refractivity contribution in [3.8, 4) is 0 Å². The van der Waals surface area contributed by atoms with E-state index < -0.39 is 0 Å². The van der Waals surface area contributed by atoms with Crippen LogP contribution in [0.1, 0.15) is 70.4 Å². The molecule has 112 valence electrons. The van der Waals surface area contributed by atoms with Crippen LogP contribution < -0.4 is 5.32 Å². The van der Waals surface area contributed by atoms with Crippen molar-refractivity contribution in [1.29, 1.82) is 0 Å². The molecule has 2 heteroatoms. The van der Waals surface area contributed by atoms with Gasteiger partial charge in [-0.1, -0.05) is 52.0 Å². The summed E-state index contributed by atoms with van der Waals surface area (Å²) in [5.41, 5.74) is 1.23. The molecule has 0 aromatic carbocycles. The van der Waals surface area contributed by atoms with Crippen LogP contribution in [0.3, 0.4) is 0 Å². The highest BCUT2D eigenvalue weighted by molar-refractivity contribution is 5.11. The Bertz CT molecular complexity index is 357. The minimum absolute atomic E-state index is 0.504. The molecule has 0 amide bonds. The Balaban J connectivity index is 1.98. The van der Waals surface area contributed by atoms with Crippen molar-refractivity contribution in [3.05, 3.63) is 30.1 Å². The molecule has 2 atom stereocenters. The average molecular weight is 274 g/mol.